The molecular weight excluding hydrogens is 244 g/mol. The minimum Gasteiger partial charge on any atom is -0.506 e. The van der Waals surface area contributed by atoms with E-state index in [0.29, 0.717) is 18.6 Å². The van der Waals surface area contributed by atoms with Gasteiger partial charge in [-0.3, -0.25) is 0 Å². The Morgan fingerprint density at radius 1 is 1.36 bits per heavy atom. The van der Waals surface area contributed by atoms with Crippen molar-refractivity contribution < 1.29 is 10.2 Å². The summed E-state index contributed by atoms with van der Waals surface area (Å²) in [5.74, 6) is 0.307. The molecule has 14 heavy (non-hydrogen) atoms. The quantitative estimate of drug-likeness (QED) is 0.876. The number of aromatic hydroxyl groups is 1. The number of hydrogen-bond donors (Lipinski definition) is 2. The van der Waals surface area contributed by atoms with Crippen LogP contribution in [0.5, 0.6) is 5.75 Å². The smallest absolute Gasteiger partial charge is 0.133 e. The number of aliphatic hydroxyl groups excluding tert-OH is 1. The van der Waals surface area contributed by atoms with Gasteiger partial charge >= 0.3 is 0 Å². The topological polar surface area (TPSA) is 40.5 Å². The lowest BCUT2D eigenvalue weighted by Crippen LogP contribution is -1.94. The van der Waals surface area contributed by atoms with E-state index in [9.17, 15) is 5.11 Å². The van der Waals surface area contributed by atoms with Gasteiger partial charge in [-0.25, -0.2) is 0 Å². The normalized spacial score (nSPS) is 10.6. The maximum Gasteiger partial charge on any atom is 0.133 e. The second-order valence-electron chi connectivity index (χ2n) is 3.47. The van der Waals surface area contributed by atoms with Crippen molar-refractivity contribution in [1.82, 2.24) is 0 Å². The molecule has 78 valence electrons. The lowest BCUT2D eigenvalue weighted by Gasteiger charge is -2.10. The Morgan fingerprint density at radius 2 is 2.00 bits per heavy atom. The number of phenolic OH excluding ortho intramolecular Hbond substituents is 1. The van der Waals surface area contributed by atoms with Gasteiger partial charge in [-0.2, -0.15) is 0 Å². The van der Waals surface area contributed by atoms with E-state index in [1.807, 2.05) is 19.9 Å². The lowest BCUT2D eigenvalue weighted by molar-refractivity contribution is 0.288. The molecule has 1 rings (SSSR count). The first-order valence-electron chi connectivity index (χ1n) is 4.66. The first-order chi connectivity index (χ1) is 6.57. The van der Waals surface area contributed by atoms with E-state index in [1.54, 1.807) is 0 Å². The van der Waals surface area contributed by atoms with Crippen LogP contribution < -0.4 is 0 Å². The third kappa shape index (κ3) is 2.28. The Morgan fingerprint density at radius 3 is 2.57 bits per heavy atom. The molecule has 2 N–H and O–H groups in total. The van der Waals surface area contributed by atoms with Gasteiger partial charge in [-0.1, -0.05) is 6.07 Å². The molecule has 0 aliphatic carbocycles. The predicted octanol–water partition coefficient (Wildman–Crippen LogP) is 2.70. The Hall–Kier alpha value is -0.540. The van der Waals surface area contributed by atoms with E-state index in [0.717, 1.165) is 21.2 Å². The molecule has 0 fully saturated rings. The van der Waals surface area contributed by atoms with Gasteiger partial charge in [0.1, 0.15) is 5.75 Å². The third-order valence-electron chi connectivity index (χ3n) is 2.43. The first-order valence-corrected chi connectivity index (χ1v) is 5.45. The summed E-state index contributed by atoms with van der Waals surface area (Å²) in [6, 6.07) is 1.98. The number of halogens is 1. The fourth-order valence-electron chi connectivity index (χ4n) is 1.39. The zero-order chi connectivity index (χ0) is 10.7. The molecule has 0 bridgehead atoms. The second kappa shape index (κ2) is 4.80. The Kier molecular flexibility index (Phi) is 3.96. The van der Waals surface area contributed by atoms with E-state index in [4.69, 9.17) is 5.11 Å². The van der Waals surface area contributed by atoms with Crippen molar-refractivity contribution >= 4 is 15.9 Å². The molecule has 0 aromatic heterocycles. The minimum absolute atomic E-state index is 0.157. The van der Waals surface area contributed by atoms with Crippen LogP contribution in [0, 0.1) is 13.8 Å². The molecule has 3 heteroatoms. The zero-order valence-electron chi connectivity index (χ0n) is 8.47. The zero-order valence-corrected chi connectivity index (χ0v) is 10.1. The summed E-state index contributed by atoms with van der Waals surface area (Å²) in [4.78, 5) is 0. The number of phenols is 1. The molecule has 0 unspecified atom stereocenters. The highest BCUT2D eigenvalue weighted by Crippen LogP contribution is 2.33. The molecule has 0 saturated carbocycles. The molecule has 0 atom stereocenters. The van der Waals surface area contributed by atoms with Crippen molar-refractivity contribution in [3.8, 4) is 5.75 Å². The molecular formula is C11H15BrO2. The standard InChI is InChI=1S/C11H15BrO2/c1-7-6-9(4-3-5-13)11(14)10(12)8(7)2/h6,13-14H,3-5H2,1-2H3. The molecule has 0 spiro atoms. The van der Waals surface area contributed by atoms with Crippen LogP contribution in [-0.4, -0.2) is 16.8 Å². The van der Waals surface area contributed by atoms with Crippen LogP contribution >= 0.6 is 15.9 Å². The lowest BCUT2D eigenvalue weighted by atomic mass is 10.0. The van der Waals surface area contributed by atoms with E-state index in [1.165, 1.54) is 0 Å². The molecule has 0 aliphatic heterocycles. The van der Waals surface area contributed by atoms with Crippen LogP contribution in [0.2, 0.25) is 0 Å². The fraction of sp³-hybridized carbons (Fsp3) is 0.455. The highest BCUT2D eigenvalue weighted by atomic mass is 79.9. The Balaban J connectivity index is 3.06. The Labute approximate surface area is 92.7 Å². The molecule has 1 aromatic carbocycles. The van der Waals surface area contributed by atoms with Gasteiger partial charge < -0.3 is 10.2 Å². The molecule has 2 nitrogen and oxygen atoms in total. The minimum atomic E-state index is 0.157. The molecule has 0 amide bonds. The van der Waals surface area contributed by atoms with Crippen molar-refractivity contribution in [3.63, 3.8) is 0 Å². The summed E-state index contributed by atoms with van der Waals surface area (Å²) in [7, 11) is 0. The van der Waals surface area contributed by atoms with Crippen LogP contribution in [0.1, 0.15) is 23.1 Å². The molecule has 0 saturated heterocycles. The van der Waals surface area contributed by atoms with Gasteiger partial charge in [0.05, 0.1) is 4.47 Å². The van der Waals surface area contributed by atoms with E-state index < -0.39 is 0 Å². The van der Waals surface area contributed by atoms with Crippen LogP contribution in [0.4, 0.5) is 0 Å². The van der Waals surface area contributed by atoms with Gasteiger partial charge in [-0.15, -0.1) is 0 Å². The maximum absolute atomic E-state index is 9.80. The second-order valence-corrected chi connectivity index (χ2v) is 4.26. The average molecular weight is 259 g/mol. The molecule has 0 radical (unpaired) electrons. The van der Waals surface area contributed by atoms with Gasteiger partial charge in [-0.05, 0) is 59.3 Å². The van der Waals surface area contributed by atoms with Crippen LogP contribution in [0.15, 0.2) is 10.5 Å². The Bertz CT molecular complexity index is 335. The molecule has 1 aromatic rings. The van der Waals surface area contributed by atoms with Crippen LogP contribution in [-0.2, 0) is 6.42 Å². The van der Waals surface area contributed by atoms with Crippen molar-refractivity contribution in [1.29, 1.82) is 0 Å². The van der Waals surface area contributed by atoms with E-state index >= 15 is 0 Å². The third-order valence-corrected chi connectivity index (χ3v) is 3.40. The van der Waals surface area contributed by atoms with Gasteiger partial charge in [0.15, 0.2) is 0 Å². The number of hydrogen-bond acceptors (Lipinski definition) is 2. The number of benzene rings is 1. The van der Waals surface area contributed by atoms with E-state index in [2.05, 4.69) is 15.9 Å². The monoisotopic (exact) mass is 258 g/mol. The SMILES string of the molecule is Cc1cc(CCCO)c(O)c(Br)c1C. The predicted molar refractivity (Wildman–Crippen MR) is 60.7 cm³/mol. The van der Waals surface area contributed by atoms with E-state index in [-0.39, 0.29) is 6.61 Å². The average Bonchev–Trinajstić information content (AvgIpc) is 2.18. The molecule has 0 aliphatic rings. The maximum atomic E-state index is 9.80. The summed E-state index contributed by atoms with van der Waals surface area (Å²) >= 11 is 3.36. The van der Waals surface area contributed by atoms with Gasteiger partial charge in [0.2, 0.25) is 0 Å². The van der Waals surface area contributed by atoms with Gasteiger partial charge in [0, 0.05) is 6.61 Å². The summed E-state index contributed by atoms with van der Waals surface area (Å²) in [5.41, 5.74) is 3.12. The fourth-order valence-corrected chi connectivity index (χ4v) is 1.96. The number of aliphatic hydroxyl groups is 1. The summed E-state index contributed by atoms with van der Waals surface area (Å²) in [6.07, 6.45) is 1.39. The number of rotatable bonds is 3. The highest BCUT2D eigenvalue weighted by Gasteiger charge is 2.10. The summed E-state index contributed by atoms with van der Waals surface area (Å²) in [6.45, 7) is 4.14. The first kappa shape index (κ1) is 11.5. The summed E-state index contributed by atoms with van der Waals surface area (Å²) in [5, 5.41) is 18.5. The highest BCUT2D eigenvalue weighted by molar-refractivity contribution is 9.10. The molecule has 0 heterocycles. The van der Waals surface area contributed by atoms with Crippen LogP contribution in [0.25, 0.3) is 0 Å². The number of aryl methyl sites for hydroxylation is 2. The summed E-state index contributed by atoms with van der Waals surface area (Å²) < 4.78 is 0.769. The van der Waals surface area contributed by atoms with Crippen molar-refractivity contribution in [2.24, 2.45) is 0 Å². The van der Waals surface area contributed by atoms with Gasteiger partial charge in [0.25, 0.3) is 0 Å². The van der Waals surface area contributed by atoms with Crippen LogP contribution in [0.3, 0.4) is 0 Å². The largest absolute Gasteiger partial charge is 0.506 e. The van der Waals surface area contributed by atoms with Crippen molar-refractivity contribution in [2.45, 2.75) is 26.7 Å². The van der Waals surface area contributed by atoms with Crippen molar-refractivity contribution in [2.75, 3.05) is 6.61 Å². The van der Waals surface area contributed by atoms with Crippen molar-refractivity contribution in [3.05, 3.63) is 27.2 Å².